The molecule has 0 fully saturated rings. The summed E-state index contributed by atoms with van der Waals surface area (Å²) in [6.07, 6.45) is 0. The lowest BCUT2D eigenvalue weighted by molar-refractivity contribution is 0.253. The van der Waals surface area contributed by atoms with E-state index in [1.807, 2.05) is 31.2 Å². The lowest BCUT2D eigenvalue weighted by Gasteiger charge is -2.06. The first-order valence-corrected chi connectivity index (χ1v) is 7.96. The SMILES string of the molecule is Cc1ccccc1OCC#CCNC(=O)Nc1ccc(Cl)c(Cl)c1. The van der Waals surface area contributed by atoms with Gasteiger partial charge in [0.1, 0.15) is 12.4 Å². The van der Waals surface area contributed by atoms with Gasteiger partial charge >= 0.3 is 6.03 Å². The van der Waals surface area contributed by atoms with E-state index in [9.17, 15) is 4.79 Å². The Morgan fingerprint density at radius 2 is 1.92 bits per heavy atom. The van der Waals surface area contributed by atoms with Crippen LogP contribution >= 0.6 is 23.2 Å². The molecule has 2 N–H and O–H groups in total. The number of rotatable bonds is 4. The van der Waals surface area contributed by atoms with Gasteiger partial charge in [-0.1, -0.05) is 53.2 Å². The maximum Gasteiger partial charge on any atom is 0.319 e. The second kappa shape index (κ2) is 9.07. The van der Waals surface area contributed by atoms with Crippen molar-refractivity contribution < 1.29 is 9.53 Å². The Morgan fingerprint density at radius 1 is 1.12 bits per heavy atom. The van der Waals surface area contributed by atoms with Gasteiger partial charge in [0.05, 0.1) is 16.6 Å². The topological polar surface area (TPSA) is 50.4 Å². The number of hydrogen-bond acceptors (Lipinski definition) is 2. The summed E-state index contributed by atoms with van der Waals surface area (Å²) in [4.78, 5) is 11.7. The van der Waals surface area contributed by atoms with E-state index >= 15 is 0 Å². The van der Waals surface area contributed by atoms with Gasteiger partial charge in [-0.2, -0.15) is 0 Å². The molecule has 0 aromatic heterocycles. The van der Waals surface area contributed by atoms with Gasteiger partial charge < -0.3 is 15.4 Å². The quantitative estimate of drug-likeness (QED) is 0.786. The third-order valence-corrected chi connectivity index (χ3v) is 3.77. The fraction of sp³-hybridized carbons (Fsp3) is 0.167. The average molecular weight is 363 g/mol. The van der Waals surface area contributed by atoms with E-state index in [1.165, 1.54) is 0 Å². The van der Waals surface area contributed by atoms with Crippen molar-refractivity contribution in [2.75, 3.05) is 18.5 Å². The summed E-state index contributed by atoms with van der Waals surface area (Å²) in [5.74, 6) is 6.46. The summed E-state index contributed by atoms with van der Waals surface area (Å²) in [6.45, 7) is 2.45. The molecule has 0 aliphatic rings. The fourth-order valence-electron chi connectivity index (χ4n) is 1.82. The minimum Gasteiger partial charge on any atom is -0.481 e. The van der Waals surface area contributed by atoms with Gasteiger partial charge in [-0.15, -0.1) is 0 Å². The number of aryl methyl sites for hydroxylation is 1. The Labute approximate surface area is 151 Å². The van der Waals surface area contributed by atoms with Crippen molar-refractivity contribution in [1.29, 1.82) is 0 Å². The summed E-state index contributed by atoms with van der Waals surface area (Å²) in [7, 11) is 0. The van der Waals surface area contributed by atoms with Gasteiger partial charge in [0.2, 0.25) is 0 Å². The van der Waals surface area contributed by atoms with Gasteiger partial charge in [0, 0.05) is 5.69 Å². The summed E-state index contributed by atoms with van der Waals surface area (Å²) in [6, 6.07) is 12.2. The maximum absolute atomic E-state index is 11.7. The standard InChI is InChI=1S/C18H16Cl2N2O2/c1-13-6-2-3-7-17(13)24-11-5-4-10-21-18(23)22-14-8-9-15(19)16(20)12-14/h2-3,6-9,12H,10-11H2,1H3,(H2,21,22,23). The number of para-hydroxylation sites is 1. The van der Waals surface area contributed by atoms with Crippen molar-refractivity contribution in [1.82, 2.24) is 5.32 Å². The average Bonchev–Trinajstić information content (AvgIpc) is 2.56. The number of hydrogen-bond donors (Lipinski definition) is 2. The van der Waals surface area contributed by atoms with Crippen LogP contribution in [0.1, 0.15) is 5.56 Å². The molecule has 0 spiro atoms. The molecule has 0 heterocycles. The second-order valence-corrected chi connectivity index (χ2v) is 5.66. The molecular formula is C18H16Cl2N2O2. The minimum atomic E-state index is -0.373. The number of carbonyl (C=O) groups excluding carboxylic acids is 1. The van der Waals surface area contributed by atoms with Crippen LogP contribution < -0.4 is 15.4 Å². The molecule has 2 aromatic carbocycles. The number of anilines is 1. The highest BCUT2D eigenvalue weighted by Gasteiger charge is 2.03. The molecule has 2 rings (SSSR count). The second-order valence-electron chi connectivity index (χ2n) is 4.84. The first-order chi connectivity index (χ1) is 11.6. The third-order valence-electron chi connectivity index (χ3n) is 3.03. The van der Waals surface area contributed by atoms with Gasteiger partial charge in [-0.3, -0.25) is 0 Å². The summed E-state index contributed by atoms with van der Waals surface area (Å²) in [5.41, 5.74) is 1.61. The Morgan fingerprint density at radius 3 is 2.67 bits per heavy atom. The zero-order chi connectivity index (χ0) is 17.4. The Kier molecular flexibility index (Phi) is 6.80. The van der Waals surface area contributed by atoms with Gasteiger partial charge in [-0.05, 0) is 36.8 Å². The molecule has 0 saturated heterocycles. The van der Waals surface area contributed by atoms with E-state index in [0.717, 1.165) is 11.3 Å². The van der Waals surface area contributed by atoms with Crippen LogP contribution in [0.4, 0.5) is 10.5 Å². The van der Waals surface area contributed by atoms with E-state index in [1.54, 1.807) is 18.2 Å². The lowest BCUT2D eigenvalue weighted by atomic mass is 10.2. The molecule has 0 unspecified atom stereocenters. The van der Waals surface area contributed by atoms with Crippen LogP contribution in [0, 0.1) is 18.8 Å². The zero-order valence-electron chi connectivity index (χ0n) is 13.0. The number of halogens is 2. The molecule has 6 heteroatoms. The molecule has 0 radical (unpaired) electrons. The van der Waals surface area contributed by atoms with E-state index in [0.29, 0.717) is 15.7 Å². The molecule has 0 aliphatic heterocycles. The lowest BCUT2D eigenvalue weighted by Crippen LogP contribution is -2.28. The van der Waals surface area contributed by atoms with Crippen LogP contribution in [0.25, 0.3) is 0 Å². The minimum absolute atomic E-state index is 0.213. The molecule has 124 valence electrons. The van der Waals surface area contributed by atoms with Crippen molar-refractivity contribution in [3.8, 4) is 17.6 Å². The van der Waals surface area contributed by atoms with Crippen molar-refractivity contribution in [2.45, 2.75) is 6.92 Å². The van der Waals surface area contributed by atoms with Gasteiger partial charge in [-0.25, -0.2) is 4.79 Å². The van der Waals surface area contributed by atoms with Crippen LogP contribution in [0.5, 0.6) is 5.75 Å². The van der Waals surface area contributed by atoms with E-state index in [-0.39, 0.29) is 19.2 Å². The van der Waals surface area contributed by atoms with Crippen LogP contribution in [0.2, 0.25) is 10.0 Å². The monoisotopic (exact) mass is 362 g/mol. The third kappa shape index (κ3) is 5.69. The highest BCUT2D eigenvalue weighted by molar-refractivity contribution is 6.42. The van der Waals surface area contributed by atoms with Crippen LogP contribution in [0.15, 0.2) is 42.5 Å². The van der Waals surface area contributed by atoms with Crippen LogP contribution in [-0.4, -0.2) is 19.2 Å². The van der Waals surface area contributed by atoms with E-state index in [4.69, 9.17) is 27.9 Å². The van der Waals surface area contributed by atoms with E-state index < -0.39 is 0 Å². The molecule has 2 amide bonds. The number of nitrogens with one attached hydrogen (secondary N) is 2. The Hall–Kier alpha value is -2.35. The fourth-order valence-corrected chi connectivity index (χ4v) is 2.12. The predicted molar refractivity (Wildman–Crippen MR) is 97.9 cm³/mol. The molecule has 24 heavy (non-hydrogen) atoms. The van der Waals surface area contributed by atoms with Crippen molar-refractivity contribution >= 4 is 34.9 Å². The van der Waals surface area contributed by atoms with Crippen molar-refractivity contribution in [2.24, 2.45) is 0 Å². The Bertz CT molecular complexity index is 782. The smallest absolute Gasteiger partial charge is 0.319 e. The van der Waals surface area contributed by atoms with E-state index in [2.05, 4.69) is 22.5 Å². The number of benzene rings is 2. The number of ether oxygens (including phenoxy) is 1. The molecule has 0 atom stereocenters. The van der Waals surface area contributed by atoms with Crippen molar-refractivity contribution in [3.63, 3.8) is 0 Å². The maximum atomic E-state index is 11.7. The molecule has 0 saturated carbocycles. The summed E-state index contributed by atoms with van der Waals surface area (Å²) >= 11 is 11.7. The van der Waals surface area contributed by atoms with Crippen LogP contribution in [0.3, 0.4) is 0 Å². The Balaban J connectivity index is 1.71. The number of urea groups is 1. The molecular weight excluding hydrogens is 347 g/mol. The first-order valence-electron chi connectivity index (χ1n) is 7.20. The van der Waals surface area contributed by atoms with Gasteiger partial charge in [0.25, 0.3) is 0 Å². The molecule has 4 nitrogen and oxygen atoms in total. The highest BCUT2D eigenvalue weighted by atomic mass is 35.5. The number of amides is 2. The zero-order valence-corrected chi connectivity index (χ0v) is 14.5. The largest absolute Gasteiger partial charge is 0.481 e. The first kappa shape index (κ1) is 18.0. The summed E-state index contributed by atoms with van der Waals surface area (Å²) in [5, 5.41) is 6.07. The van der Waals surface area contributed by atoms with Crippen molar-refractivity contribution in [3.05, 3.63) is 58.1 Å². The van der Waals surface area contributed by atoms with Gasteiger partial charge in [0.15, 0.2) is 0 Å². The summed E-state index contributed by atoms with van der Waals surface area (Å²) < 4.78 is 5.53. The predicted octanol–water partition coefficient (Wildman–Crippen LogP) is 4.51. The molecule has 0 aliphatic carbocycles. The molecule has 2 aromatic rings. The normalized spacial score (nSPS) is 9.62. The highest BCUT2D eigenvalue weighted by Crippen LogP contribution is 2.24. The van der Waals surface area contributed by atoms with Crippen LogP contribution in [-0.2, 0) is 0 Å². The molecule has 0 bridgehead atoms. The number of carbonyl (C=O) groups is 1.